The Kier molecular flexibility index (Phi) is 4.09. The molecule has 0 aliphatic heterocycles. The van der Waals surface area contributed by atoms with Gasteiger partial charge in [-0.05, 0) is 47.1 Å². The van der Waals surface area contributed by atoms with Crippen LogP contribution in [0.1, 0.15) is 17.5 Å². The van der Waals surface area contributed by atoms with Gasteiger partial charge in [0, 0.05) is 5.56 Å². The van der Waals surface area contributed by atoms with E-state index in [0.717, 1.165) is 10.0 Å². The van der Waals surface area contributed by atoms with Crippen molar-refractivity contribution in [3.63, 3.8) is 0 Å². The third kappa shape index (κ3) is 2.60. The molecule has 0 saturated heterocycles. The summed E-state index contributed by atoms with van der Waals surface area (Å²) in [7, 11) is 0. The van der Waals surface area contributed by atoms with Crippen LogP contribution in [0.15, 0.2) is 33.2 Å². The molecular weight excluding hydrogens is 319 g/mol. The Morgan fingerprint density at radius 1 is 1.44 bits per heavy atom. The topological polar surface area (TPSA) is 39.4 Å². The van der Waals surface area contributed by atoms with Gasteiger partial charge in [-0.15, -0.1) is 0 Å². The van der Waals surface area contributed by atoms with E-state index in [4.69, 9.17) is 20.8 Å². The molecule has 2 rings (SSSR count). The summed E-state index contributed by atoms with van der Waals surface area (Å²) in [6.45, 7) is 2.42. The molecule has 1 aromatic carbocycles. The summed E-state index contributed by atoms with van der Waals surface area (Å²) < 4.78 is 11.5. The van der Waals surface area contributed by atoms with Crippen LogP contribution in [0.4, 0.5) is 0 Å². The molecule has 94 valence electrons. The lowest BCUT2D eigenvalue weighted by atomic mass is 10.1. The molecule has 0 saturated carbocycles. The van der Waals surface area contributed by atoms with Crippen LogP contribution in [0, 0.1) is 0 Å². The van der Waals surface area contributed by atoms with E-state index in [1.165, 1.54) is 0 Å². The molecule has 1 aromatic heterocycles. The summed E-state index contributed by atoms with van der Waals surface area (Å²) in [5.41, 5.74) is 0.781. The normalized spacial score (nSPS) is 10.4. The first-order valence-corrected chi connectivity index (χ1v) is 6.50. The number of carbonyl (C=O) groups is 1. The Labute approximate surface area is 118 Å². The molecule has 1 heterocycles. The first kappa shape index (κ1) is 13.2. The first-order valence-electron chi connectivity index (χ1n) is 5.33. The molecule has 5 heteroatoms. The van der Waals surface area contributed by atoms with E-state index in [0.29, 0.717) is 29.4 Å². The van der Waals surface area contributed by atoms with Crippen LogP contribution in [0.2, 0.25) is 5.02 Å². The van der Waals surface area contributed by atoms with E-state index >= 15 is 0 Å². The summed E-state index contributed by atoms with van der Waals surface area (Å²) in [5, 5.41) is 0.491. The van der Waals surface area contributed by atoms with Crippen molar-refractivity contribution in [2.45, 2.75) is 6.92 Å². The lowest BCUT2D eigenvalue weighted by Crippen LogP contribution is -1.93. The number of benzene rings is 1. The molecule has 0 atom stereocenters. The predicted molar refractivity (Wildman–Crippen MR) is 73.4 cm³/mol. The maximum atomic E-state index is 10.6. The van der Waals surface area contributed by atoms with Crippen molar-refractivity contribution < 1.29 is 13.9 Å². The molecule has 0 N–H and O–H groups in total. The van der Waals surface area contributed by atoms with Gasteiger partial charge in [0.2, 0.25) is 0 Å². The highest BCUT2D eigenvalue weighted by Gasteiger charge is 2.12. The Balaban J connectivity index is 2.43. The van der Waals surface area contributed by atoms with Gasteiger partial charge >= 0.3 is 0 Å². The third-order valence-electron chi connectivity index (χ3n) is 2.31. The number of furan rings is 1. The lowest BCUT2D eigenvalue weighted by Gasteiger charge is -2.09. The number of aldehydes is 1. The summed E-state index contributed by atoms with van der Waals surface area (Å²) in [5.74, 6) is 1.47. The Bertz CT molecular complexity index is 554. The summed E-state index contributed by atoms with van der Waals surface area (Å²) in [6, 6.07) is 6.91. The van der Waals surface area contributed by atoms with Crippen molar-refractivity contribution in [3.05, 3.63) is 39.5 Å². The largest absolute Gasteiger partial charge is 0.491 e. The quantitative estimate of drug-likeness (QED) is 0.771. The number of rotatable bonds is 4. The first-order chi connectivity index (χ1) is 8.65. The zero-order valence-corrected chi connectivity index (χ0v) is 11.9. The Hall–Kier alpha value is -1.26. The molecule has 0 aliphatic carbocycles. The van der Waals surface area contributed by atoms with Crippen LogP contribution in [-0.4, -0.2) is 12.9 Å². The van der Waals surface area contributed by atoms with Crippen LogP contribution in [0.25, 0.3) is 11.3 Å². The highest BCUT2D eigenvalue weighted by molar-refractivity contribution is 9.10. The van der Waals surface area contributed by atoms with E-state index in [2.05, 4.69) is 15.9 Å². The summed E-state index contributed by atoms with van der Waals surface area (Å²) in [6.07, 6.45) is 0.661. The smallest absolute Gasteiger partial charge is 0.185 e. The van der Waals surface area contributed by atoms with Gasteiger partial charge in [0.25, 0.3) is 0 Å². The van der Waals surface area contributed by atoms with Crippen molar-refractivity contribution in [2.75, 3.05) is 6.61 Å². The second-order valence-corrected chi connectivity index (χ2v) is 4.78. The zero-order chi connectivity index (χ0) is 13.1. The van der Waals surface area contributed by atoms with Crippen LogP contribution < -0.4 is 4.74 Å². The van der Waals surface area contributed by atoms with E-state index < -0.39 is 0 Å². The van der Waals surface area contributed by atoms with Gasteiger partial charge in [0.05, 0.1) is 16.1 Å². The molecule has 0 unspecified atom stereocenters. The van der Waals surface area contributed by atoms with Crippen LogP contribution >= 0.6 is 27.5 Å². The number of hydrogen-bond donors (Lipinski definition) is 0. The average molecular weight is 330 g/mol. The van der Waals surface area contributed by atoms with E-state index in [-0.39, 0.29) is 5.76 Å². The van der Waals surface area contributed by atoms with Crippen molar-refractivity contribution in [1.82, 2.24) is 0 Å². The number of ether oxygens (including phenoxy) is 1. The maximum Gasteiger partial charge on any atom is 0.185 e. The fourth-order valence-electron chi connectivity index (χ4n) is 1.56. The average Bonchev–Trinajstić information content (AvgIpc) is 2.82. The van der Waals surface area contributed by atoms with E-state index in [1.807, 2.05) is 13.0 Å². The molecule has 0 fully saturated rings. The van der Waals surface area contributed by atoms with Crippen molar-refractivity contribution >= 4 is 33.8 Å². The minimum absolute atomic E-state index is 0.283. The Morgan fingerprint density at radius 2 is 2.22 bits per heavy atom. The third-order valence-corrected chi connectivity index (χ3v) is 3.18. The standard InChI is InChI=1S/C13H10BrClO3/c1-2-17-13-10(14)5-8(6-11(13)15)12-4-3-9(7-16)18-12/h3-7H,2H2,1H3. The van der Waals surface area contributed by atoms with E-state index in [1.54, 1.807) is 18.2 Å². The minimum atomic E-state index is 0.283. The van der Waals surface area contributed by atoms with Crippen LogP contribution in [0.5, 0.6) is 5.75 Å². The molecule has 0 radical (unpaired) electrons. The number of carbonyl (C=O) groups excluding carboxylic acids is 1. The second-order valence-electron chi connectivity index (χ2n) is 3.52. The van der Waals surface area contributed by atoms with Gasteiger partial charge in [0.1, 0.15) is 5.76 Å². The van der Waals surface area contributed by atoms with Crippen molar-refractivity contribution in [3.8, 4) is 17.1 Å². The lowest BCUT2D eigenvalue weighted by molar-refractivity contribution is 0.110. The van der Waals surface area contributed by atoms with Gasteiger partial charge in [-0.3, -0.25) is 4.79 Å². The van der Waals surface area contributed by atoms with Gasteiger partial charge in [-0.2, -0.15) is 0 Å². The maximum absolute atomic E-state index is 10.6. The molecule has 0 spiro atoms. The summed E-state index contributed by atoms with van der Waals surface area (Å²) in [4.78, 5) is 10.6. The molecule has 0 amide bonds. The summed E-state index contributed by atoms with van der Waals surface area (Å²) >= 11 is 9.54. The van der Waals surface area contributed by atoms with Gasteiger partial charge < -0.3 is 9.15 Å². The van der Waals surface area contributed by atoms with Gasteiger partial charge in [-0.1, -0.05) is 11.6 Å². The fourth-order valence-corrected chi connectivity index (χ4v) is 2.52. The van der Waals surface area contributed by atoms with E-state index in [9.17, 15) is 4.79 Å². The van der Waals surface area contributed by atoms with Crippen molar-refractivity contribution in [1.29, 1.82) is 0 Å². The van der Waals surface area contributed by atoms with Gasteiger partial charge in [-0.25, -0.2) is 0 Å². The van der Waals surface area contributed by atoms with Crippen LogP contribution in [-0.2, 0) is 0 Å². The molecule has 3 nitrogen and oxygen atoms in total. The predicted octanol–water partition coefficient (Wildman–Crippen LogP) is 4.57. The van der Waals surface area contributed by atoms with Crippen molar-refractivity contribution in [2.24, 2.45) is 0 Å². The van der Waals surface area contributed by atoms with Gasteiger partial charge in [0.15, 0.2) is 17.8 Å². The zero-order valence-electron chi connectivity index (χ0n) is 9.57. The molecule has 18 heavy (non-hydrogen) atoms. The Morgan fingerprint density at radius 3 is 2.78 bits per heavy atom. The fraction of sp³-hybridized carbons (Fsp3) is 0.154. The molecule has 2 aromatic rings. The highest BCUT2D eigenvalue weighted by Crippen LogP contribution is 2.38. The second kappa shape index (κ2) is 5.59. The van der Waals surface area contributed by atoms with Crippen LogP contribution in [0.3, 0.4) is 0 Å². The number of hydrogen-bond acceptors (Lipinski definition) is 3. The monoisotopic (exact) mass is 328 g/mol. The minimum Gasteiger partial charge on any atom is -0.491 e. The molecule has 0 aliphatic rings. The highest BCUT2D eigenvalue weighted by atomic mass is 79.9. The SMILES string of the molecule is CCOc1c(Cl)cc(-c2ccc(C=O)o2)cc1Br. The number of halogens is 2. The molecular formula is C13H10BrClO3. The molecule has 0 bridgehead atoms.